The molecule has 0 saturated carbocycles. The number of anilines is 1. The van der Waals surface area contributed by atoms with Crippen molar-refractivity contribution in [2.24, 2.45) is 0 Å². The Kier molecular flexibility index (Phi) is 4.35. The van der Waals surface area contributed by atoms with Crippen molar-refractivity contribution < 1.29 is 8.42 Å². The van der Waals surface area contributed by atoms with Crippen molar-refractivity contribution in [3.05, 3.63) is 28.2 Å². The molecule has 0 unspecified atom stereocenters. The summed E-state index contributed by atoms with van der Waals surface area (Å²) < 4.78 is 28.9. The predicted molar refractivity (Wildman–Crippen MR) is 69.7 cm³/mol. The van der Waals surface area contributed by atoms with E-state index in [4.69, 9.17) is 0 Å². The lowest BCUT2D eigenvalue weighted by Crippen LogP contribution is -2.35. The fraction of sp³-hybridized carbons (Fsp3) is 0.400. The fourth-order valence-electron chi connectivity index (χ4n) is 1.21. The molecule has 0 saturated heterocycles. The number of halogens is 1. The zero-order valence-corrected chi connectivity index (χ0v) is 11.8. The maximum atomic E-state index is 11.6. The third-order valence-corrected chi connectivity index (χ3v) is 4.15. The van der Waals surface area contributed by atoms with Gasteiger partial charge in [0.25, 0.3) is 10.2 Å². The van der Waals surface area contributed by atoms with Gasteiger partial charge in [0.2, 0.25) is 0 Å². The normalized spacial score (nSPS) is 11.8. The van der Waals surface area contributed by atoms with E-state index >= 15 is 0 Å². The molecule has 90 valence electrons. The summed E-state index contributed by atoms with van der Waals surface area (Å²) in [6, 6.07) is 5.27. The number of nitrogens with one attached hydrogen (secondary N) is 2. The van der Waals surface area contributed by atoms with Crippen molar-refractivity contribution in [3.8, 4) is 0 Å². The topological polar surface area (TPSA) is 58.2 Å². The summed E-state index contributed by atoms with van der Waals surface area (Å²) in [6.07, 6.45) is 0. The lowest BCUT2D eigenvalue weighted by atomic mass is 10.2. The van der Waals surface area contributed by atoms with Crippen LogP contribution in [0.3, 0.4) is 0 Å². The Morgan fingerprint density at radius 3 is 2.50 bits per heavy atom. The van der Waals surface area contributed by atoms with Crippen molar-refractivity contribution in [2.75, 3.05) is 4.72 Å². The molecule has 6 heteroatoms. The van der Waals surface area contributed by atoms with E-state index in [0.29, 0.717) is 5.69 Å². The molecule has 0 bridgehead atoms. The summed E-state index contributed by atoms with van der Waals surface area (Å²) in [6.45, 7) is 5.44. The number of benzene rings is 1. The van der Waals surface area contributed by atoms with Gasteiger partial charge in [-0.2, -0.15) is 13.1 Å². The molecule has 4 nitrogen and oxygen atoms in total. The molecule has 0 atom stereocenters. The van der Waals surface area contributed by atoms with Crippen molar-refractivity contribution in [2.45, 2.75) is 26.8 Å². The van der Waals surface area contributed by atoms with E-state index in [-0.39, 0.29) is 6.04 Å². The van der Waals surface area contributed by atoms with Gasteiger partial charge < -0.3 is 0 Å². The minimum atomic E-state index is -3.50. The van der Waals surface area contributed by atoms with Gasteiger partial charge in [-0.05, 0) is 48.3 Å². The molecule has 0 spiro atoms. The van der Waals surface area contributed by atoms with E-state index < -0.39 is 10.2 Å². The van der Waals surface area contributed by atoms with E-state index in [1.807, 2.05) is 13.0 Å². The van der Waals surface area contributed by atoms with Gasteiger partial charge in [-0.1, -0.05) is 12.1 Å². The second-order valence-corrected chi connectivity index (χ2v) is 6.05. The Balaban J connectivity index is 2.93. The highest BCUT2D eigenvalue weighted by molar-refractivity contribution is 9.10. The average molecular weight is 307 g/mol. The van der Waals surface area contributed by atoms with Crippen LogP contribution in [-0.4, -0.2) is 14.5 Å². The van der Waals surface area contributed by atoms with Crippen LogP contribution in [0.5, 0.6) is 0 Å². The maximum absolute atomic E-state index is 11.6. The average Bonchev–Trinajstić information content (AvgIpc) is 2.10. The summed E-state index contributed by atoms with van der Waals surface area (Å²) >= 11 is 3.34. The first-order valence-electron chi connectivity index (χ1n) is 4.87. The van der Waals surface area contributed by atoms with Crippen molar-refractivity contribution in [1.29, 1.82) is 0 Å². The van der Waals surface area contributed by atoms with Crippen LogP contribution in [0.1, 0.15) is 19.4 Å². The van der Waals surface area contributed by atoms with Gasteiger partial charge in [-0.3, -0.25) is 4.72 Å². The SMILES string of the molecule is Cc1cccc(NS(=O)(=O)NC(C)C)c1Br. The fourth-order valence-corrected chi connectivity index (χ4v) is 2.84. The Hall–Kier alpha value is -0.590. The number of hydrogen-bond acceptors (Lipinski definition) is 2. The molecule has 1 aromatic carbocycles. The quantitative estimate of drug-likeness (QED) is 0.897. The van der Waals surface area contributed by atoms with E-state index in [1.165, 1.54) is 0 Å². The van der Waals surface area contributed by atoms with Gasteiger partial charge >= 0.3 is 0 Å². The zero-order valence-electron chi connectivity index (χ0n) is 9.41. The van der Waals surface area contributed by atoms with Crippen LogP contribution in [-0.2, 0) is 10.2 Å². The lowest BCUT2D eigenvalue weighted by Gasteiger charge is -2.13. The van der Waals surface area contributed by atoms with E-state index in [1.54, 1.807) is 26.0 Å². The molecule has 0 fully saturated rings. The Morgan fingerprint density at radius 1 is 1.31 bits per heavy atom. The minimum absolute atomic E-state index is 0.138. The standard InChI is InChI=1S/C10H15BrN2O2S/c1-7(2)12-16(14,15)13-9-6-4-5-8(3)10(9)11/h4-7,12-13H,1-3H3. The van der Waals surface area contributed by atoms with Crippen molar-refractivity contribution >= 4 is 31.8 Å². The Bertz CT molecular complexity index is 472. The summed E-state index contributed by atoms with van der Waals surface area (Å²) in [5, 5.41) is 0. The van der Waals surface area contributed by atoms with Crippen LogP contribution in [0.15, 0.2) is 22.7 Å². The molecular formula is C10H15BrN2O2S. The maximum Gasteiger partial charge on any atom is 0.299 e. The van der Waals surface area contributed by atoms with E-state index in [0.717, 1.165) is 10.0 Å². The molecule has 0 aliphatic heterocycles. The smallest absolute Gasteiger partial charge is 0.270 e. The van der Waals surface area contributed by atoms with Gasteiger partial charge in [0.1, 0.15) is 0 Å². The molecule has 0 aromatic heterocycles. The molecule has 0 radical (unpaired) electrons. The summed E-state index contributed by atoms with van der Waals surface area (Å²) in [7, 11) is -3.50. The van der Waals surface area contributed by atoms with Gasteiger partial charge in [0.05, 0.1) is 5.69 Å². The van der Waals surface area contributed by atoms with Gasteiger partial charge in [-0.15, -0.1) is 0 Å². The minimum Gasteiger partial charge on any atom is -0.270 e. The summed E-state index contributed by atoms with van der Waals surface area (Å²) in [5.74, 6) is 0. The highest BCUT2D eigenvalue weighted by Gasteiger charge is 2.13. The second kappa shape index (κ2) is 5.16. The second-order valence-electron chi connectivity index (χ2n) is 3.81. The van der Waals surface area contributed by atoms with Gasteiger partial charge in [-0.25, -0.2) is 0 Å². The van der Waals surface area contributed by atoms with Crippen molar-refractivity contribution in [1.82, 2.24) is 4.72 Å². The molecule has 16 heavy (non-hydrogen) atoms. The first-order valence-corrected chi connectivity index (χ1v) is 7.14. The van der Waals surface area contributed by atoms with Gasteiger partial charge in [0.15, 0.2) is 0 Å². The molecule has 0 heterocycles. The molecule has 0 aliphatic carbocycles. The summed E-state index contributed by atoms with van der Waals surface area (Å²) in [5.41, 5.74) is 1.51. The monoisotopic (exact) mass is 306 g/mol. The first kappa shape index (κ1) is 13.5. The Morgan fingerprint density at radius 2 is 1.94 bits per heavy atom. The molecular weight excluding hydrogens is 292 g/mol. The zero-order chi connectivity index (χ0) is 12.3. The predicted octanol–water partition coefficient (Wildman–Crippen LogP) is 2.41. The third-order valence-electron chi connectivity index (χ3n) is 1.83. The number of aryl methyl sites for hydroxylation is 1. The molecule has 2 N–H and O–H groups in total. The molecule has 0 amide bonds. The molecule has 0 aliphatic rings. The highest BCUT2D eigenvalue weighted by Crippen LogP contribution is 2.26. The van der Waals surface area contributed by atoms with Crippen LogP contribution in [0.25, 0.3) is 0 Å². The van der Waals surface area contributed by atoms with E-state index in [9.17, 15) is 8.42 Å². The third kappa shape index (κ3) is 3.77. The molecule has 1 rings (SSSR count). The van der Waals surface area contributed by atoms with E-state index in [2.05, 4.69) is 25.4 Å². The Labute approximate surface area is 105 Å². The van der Waals surface area contributed by atoms with Crippen LogP contribution >= 0.6 is 15.9 Å². The van der Waals surface area contributed by atoms with Crippen molar-refractivity contribution in [3.63, 3.8) is 0 Å². The van der Waals surface area contributed by atoms with Crippen LogP contribution < -0.4 is 9.44 Å². The number of rotatable bonds is 4. The van der Waals surface area contributed by atoms with Crippen LogP contribution in [0.2, 0.25) is 0 Å². The van der Waals surface area contributed by atoms with Gasteiger partial charge in [0, 0.05) is 10.5 Å². The number of hydrogen-bond donors (Lipinski definition) is 2. The highest BCUT2D eigenvalue weighted by atomic mass is 79.9. The van der Waals surface area contributed by atoms with Crippen LogP contribution in [0, 0.1) is 6.92 Å². The summed E-state index contributed by atoms with van der Waals surface area (Å²) in [4.78, 5) is 0. The van der Waals surface area contributed by atoms with Crippen LogP contribution in [0.4, 0.5) is 5.69 Å². The lowest BCUT2D eigenvalue weighted by molar-refractivity contribution is 0.575. The molecule has 1 aromatic rings. The first-order chi connectivity index (χ1) is 7.32. The largest absolute Gasteiger partial charge is 0.299 e.